The third-order valence-electron chi connectivity index (χ3n) is 6.28. The quantitative estimate of drug-likeness (QED) is 0.553. The number of aromatic nitrogens is 3. The van der Waals surface area contributed by atoms with E-state index in [1.807, 2.05) is 5.38 Å². The molecule has 0 N–H and O–H groups in total. The number of amides is 1. The zero-order valence-electron chi connectivity index (χ0n) is 17.2. The Bertz CT molecular complexity index is 1150. The van der Waals surface area contributed by atoms with Gasteiger partial charge in [0.05, 0.1) is 11.3 Å². The number of rotatable bonds is 2. The van der Waals surface area contributed by atoms with Crippen LogP contribution in [0.25, 0.3) is 5.65 Å². The molecule has 0 bridgehead atoms. The van der Waals surface area contributed by atoms with Crippen LogP contribution in [0.4, 0.5) is 13.2 Å². The van der Waals surface area contributed by atoms with E-state index >= 15 is 0 Å². The van der Waals surface area contributed by atoms with E-state index in [-0.39, 0.29) is 17.5 Å². The van der Waals surface area contributed by atoms with Crippen LogP contribution in [0.5, 0.6) is 0 Å². The molecule has 9 heteroatoms. The summed E-state index contributed by atoms with van der Waals surface area (Å²) >= 11 is 1.66. The fourth-order valence-corrected chi connectivity index (χ4v) is 5.89. The number of thiophene rings is 1. The van der Waals surface area contributed by atoms with Crippen LogP contribution < -0.4 is 0 Å². The second kappa shape index (κ2) is 7.62. The lowest BCUT2D eigenvalue weighted by Crippen LogP contribution is -2.39. The summed E-state index contributed by atoms with van der Waals surface area (Å²) in [5.41, 5.74) is 2.19. The predicted molar refractivity (Wildman–Crippen MR) is 112 cm³/mol. The first-order chi connectivity index (χ1) is 14.8. The van der Waals surface area contributed by atoms with E-state index in [0.29, 0.717) is 30.9 Å². The van der Waals surface area contributed by atoms with E-state index in [2.05, 4.69) is 10.1 Å². The van der Waals surface area contributed by atoms with Crippen LogP contribution in [0.1, 0.15) is 69.5 Å². The van der Waals surface area contributed by atoms with Gasteiger partial charge in [0.25, 0.3) is 5.91 Å². The highest BCUT2D eigenvalue weighted by Gasteiger charge is 2.37. The highest BCUT2D eigenvalue weighted by molar-refractivity contribution is 7.10. The molecule has 3 aromatic heterocycles. The molecule has 2 aliphatic rings. The van der Waals surface area contributed by atoms with Crippen molar-refractivity contribution in [1.29, 1.82) is 0 Å². The van der Waals surface area contributed by atoms with Crippen molar-refractivity contribution in [1.82, 2.24) is 19.5 Å². The Labute approximate surface area is 181 Å². The maximum Gasteiger partial charge on any atom is 0.433 e. The molecule has 0 aromatic carbocycles. The molecule has 164 valence electrons. The van der Waals surface area contributed by atoms with Crippen LogP contribution in [0.3, 0.4) is 0 Å². The second-order valence-corrected chi connectivity index (χ2v) is 9.43. The van der Waals surface area contributed by atoms with E-state index in [4.69, 9.17) is 0 Å². The van der Waals surface area contributed by atoms with Crippen molar-refractivity contribution >= 4 is 22.9 Å². The van der Waals surface area contributed by atoms with Gasteiger partial charge in [-0.1, -0.05) is 0 Å². The van der Waals surface area contributed by atoms with Gasteiger partial charge in [0.1, 0.15) is 5.69 Å². The number of hydrogen-bond acceptors (Lipinski definition) is 4. The molecule has 1 amide bonds. The molecule has 1 aliphatic carbocycles. The first kappa shape index (κ1) is 20.5. The monoisotopic (exact) mass is 448 g/mol. The van der Waals surface area contributed by atoms with Gasteiger partial charge in [0.2, 0.25) is 0 Å². The summed E-state index contributed by atoms with van der Waals surface area (Å²) in [5, 5.41) is 5.92. The number of hydrogen-bond donors (Lipinski definition) is 0. The van der Waals surface area contributed by atoms with Crippen LogP contribution >= 0.6 is 11.3 Å². The number of alkyl halides is 3. The van der Waals surface area contributed by atoms with Crippen LogP contribution in [-0.4, -0.2) is 38.5 Å². The third-order valence-corrected chi connectivity index (χ3v) is 7.37. The number of carbonyl (C=O) groups is 1. The Morgan fingerprint density at radius 3 is 2.81 bits per heavy atom. The maximum absolute atomic E-state index is 13.7. The summed E-state index contributed by atoms with van der Waals surface area (Å²) < 4.78 is 41.9. The SMILES string of the molecule is Cc1cc2nc([C@@H]3CCCN(C(=O)c4csc5c4CCCC5)C3)cc(C(F)(F)F)n2n1. The average molecular weight is 449 g/mol. The van der Waals surface area contributed by atoms with Crippen LogP contribution in [-0.2, 0) is 19.0 Å². The molecule has 1 atom stereocenters. The third kappa shape index (κ3) is 3.73. The summed E-state index contributed by atoms with van der Waals surface area (Å²) in [6, 6.07) is 2.66. The molecule has 0 radical (unpaired) electrons. The van der Waals surface area contributed by atoms with E-state index in [9.17, 15) is 18.0 Å². The van der Waals surface area contributed by atoms with Crippen molar-refractivity contribution in [2.24, 2.45) is 0 Å². The Hall–Kier alpha value is -2.42. The molecule has 5 rings (SSSR count). The smallest absolute Gasteiger partial charge is 0.338 e. The zero-order chi connectivity index (χ0) is 21.8. The molecule has 31 heavy (non-hydrogen) atoms. The molecule has 3 aromatic rings. The van der Waals surface area contributed by atoms with Gasteiger partial charge in [-0.25, -0.2) is 9.50 Å². The van der Waals surface area contributed by atoms with Crippen molar-refractivity contribution in [2.45, 2.75) is 57.5 Å². The first-order valence-corrected chi connectivity index (χ1v) is 11.5. The number of likely N-dealkylation sites (tertiary alicyclic amines) is 1. The number of aryl methyl sites for hydroxylation is 2. The molecule has 0 saturated carbocycles. The van der Waals surface area contributed by atoms with Crippen LogP contribution in [0, 0.1) is 6.92 Å². The minimum atomic E-state index is -4.53. The normalized spacial score (nSPS) is 19.6. The molecular formula is C22H23F3N4OS. The van der Waals surface area contributed by atoms with Crippen LogP contribution in [0.2, 0.25) is 0 Å². The summed E-state index contributed by atoms with van der Waals surface area (Å²) in [4.78, 5) is 20.9. The van der Waals surface area contributed by atoms with Gasteiger partial charge in [0, 0.05) is 41.0 Å². The lowest BCUT2D eigenvalue weighted by molar-refractivity contribution is -0.142. The number of piperidine rings is 1. The minimum Gasteiger partial charge on any atom is -0.338 e. The number of carbonyl (C=O) groups excluding carboxylic acids is 1. The van der Waals surface area contributed by atoms with Gasteiger partial charge in [-0.15, -0.1) is 11.3 Å². The number of halogens is 3. The van der Waals surface area contributed by atoms with E-state index in [1.54, 1.807) is 29.2 Å². The van der Waals surface area contributed by atoms with Gasteiger partial charge in [-0.05, 0) is 57.1 Å². The molecule has 0 unspecified atom stereocenters. The van der Waals surface area contributed by atoms with Gasteiger partial charge in [-0.2, -0.15) is 18.3 Å². The Kier molecular flexibility index (Phi) is 5.03. The molecule has 1 aliphatic heterocycles. The van der Waals surface area contributed by atoms with Gasteiger partial charge < -0.3 is 4.90 Å². The highest BCUT2D eigenvalue weighted by Crippen LogP contribution is 2.35. The van der Waals surface area contributed by atoms with Crippen molar-refractivity contribution in [3.05, 3.63) is 50.6 Å². The van der Waals surface area contributed by atoms with Crippen molar-refractivity contribution in [2.75, 3.05) is 13.1 Å². The van der Waals surface area contributed by atoms with Crippen LogP contribution in [0.15, 0.2) is 17.5 Å². The average Bonchev–Trinajstić information content (AvgIpc) is 3.34. The summed E-state index contributed by atoms with van der Waals surface area (Å²) in [7, 11) is 0. The van der Waals surface area contributed by atoms with Crippen molar-refractivity contribution in [3.8, 4) is 0 Å². The summed E-state index contributed by atoms with van der Waals surface area (Å²) in [5.74, 6) is -0.227. The fourth-order valence-electron chi connectivity index (χ4n) is 4.77. The molecule has 1 fully saturated rings. The first-order valence-electron chi connectivity index (χ1n) is 10.6. The van der Waals surface area contributed by atoms with Crippen molar-refractivity contribution in [3.63, 3.8) is 0 Å². The van der Waals surface area contributed by atoms with Gasteiger partial charge in [-0.3, -0.25) is 4.79 Å². The summed E-state index contributed by atoms with van der Waals surface area (Å²) in [6.45, 7) is 2.66. The lowest BCUT2D eigenvalue weighted by atomic mass is 9.92. The topological polar surface area (TPSA) is 50.5 Å². The molecule has 1 saturated heterocycles. The molecule has 4 heterocycles. The van der Waals surface area contributed by atoms with Crippen molar-refractivity contribution < 1.29 is 18.0 Å². The second-order valence-electron chi connectivity index (χ2n) is 8.47. The molecule has 0 spiro atoms. The highest BCUT2D eigenvalue weighted by atomic mass is 32.1. The zero-order valence-corrected chi connectivity index (χ0v) is 18.0. The number of fused-ring (bicyclic) bond motifs is 2. The Morgan fingerprint density at radius 1 is 1.19 bits per heavy atom. The Balaban J connectivity index is 1.45. The van der Waals surface area contributed by atoms with Gasteiger partial charge >= 0.3 is 6.18 Å². The number of nitrogens with zero attached hydrogens (tertiary/aromatic N) is 4. The lowest BCUT2D eigenvalue weighted by Gasteiger charge is -2.33. The fraction of sp³-hybridized carbons (Fsp3) is 0.500. The maximum atomic E-state index is 13.7. The minimum absolute atomic E-state index is 0.00131. The largest absolute Gasteiger partial charge is 0.433 e. The van der Waals surface area contributed by atoms with E-state index in [0.717, 1.165) is 48.2 Å². The molecule has 5 nitrogen and oxygen atoms in total. The summed E-state index contributed by atoms with van der Waals surface area (Å²) in [6.07, 6.45) is 1.15. The van der Waals surface area contributed by atoms with Gasteiger partial charge in [0.15, 0.2) is 5.65 Å². The Morgan fingerprint density at radius 2 is 2.00 bits per heavy atom. The van der Waals surface area contributed by atoms with E-state index in [1.165, 1.54) is 10.4 Å². The molecular weight excluding hydrogens is 425 g/mol. The van der Waals surface area contributed by atoms with E-state index < -0.39 is 11.9 Å². The standard InChI is InChI=1S/C22H23F3N4OS/c1-13-9-20-26-17(10-19(22(23,24)25)29(20)27-13)14-5-4-8-28(11-14)21(30)16-12-31-18-7-3-2-6-15(16)18/h9-10,12,14H,2-8,11H2,1H3/t14-/m1/s1. The predicted octanol–water partition coefficient (Wildman–Crippen LogP) is 5.02.